The van der Waals surface area contributed by atoms with E-state index in [1.54, 1.807) is 42.6 Å². The molecule has 2 aromatic carbocycles. The summed E-state index contributed by atoms with van der Waals surface area (Å²) in [6.07, 6.45) is 4.84. The summed E-state index contributed by atoms with van der Waals surface area (Å²) >= 11 is 6.56. The lowest BCUT2D eigenvalue weighted by Crippen LogP contribution is -2.16. The third-order valence-corrected chi connectivity index (χ3v) is 5.39. The standard InChI is InChI=1S/C27H24ClN3O2/c1-27(2,3)25-14-18(11-12-30-25)19-13-20(17-29-16-19)23-10-9-21(15-24(23)28)31-26(32)33-22-7-5-4-6-8-22/h4-17H,1-3H3,(H,31,32). The molecule has 0 saturated carbocycles. The summed E-state index contributed by atoms with van der Waals surface area (Å²) in [5.41, 5.74) is 5.23. The van der Waals surface area contributed by atoms with Gasteiger partial charge in [-0.05, 0) is 48.0 Å². The van der Waals surface area contributed by atoms with Gasteiger partial charge < -0.3 is 4.74 Å². The number of nitrogens with one attached hydrogen (secondary N) is 1. The number of para-hydroxylation sites is 1. The van der Waals surface area contributed by atoms with Crippen molar-refractivity contribution in [1.29, 1.82) is 0 Å². The largest absolute Gasteiger partial charge is 0.417 e. The number of ether oxygens (including phenoxy) is 1. The number of benzene rings is 2. The average molecular weight is 458 g/mol. The highest BCUT2D eigenvalue weighted by atomic mass is 35.5. The molecule has 2 aromatic heterocycles. The molecule has 0 unspecified atom stereocenters. The van der Waals surface area contributed by atoms with Crippen LogP contribution in [0.1, 0.15) is 26.5 Å². The summed E-state index contributed by atoms with van der Waals surface area (Å²) < 4.78 is 5.26. The van der Waals surface area contributed by atoms with E-state index in [1.165, 1.54) is 0 Å². The van der Waals surface area contributed by atoms with Gasteiger partial charge in [0.15, 0.2) is 0 Å². The molecule has 1 N–H and O–H groups in total. The van der Waals surface area contributed by atoms with Gasteiger partial charge in [-0.25, -0.2) is 4.79 Å². The first-order chi connectivity index (χ1) is 15.8. The van der Waals surface area contributed by atoms with E-state index in [9.17, 15) is 4.79 Å². The number of hydrogen-bond donors (Lipinski definition) is 1. The van der Waals surface area contributed by atoms with Gasteiger partial charge in [-0.2, -0.15) is 0 Å². The maximum atomic E-state index is 12.2. The molecule has 0 aliphatic rings. The maximum absolute atomic E-state index is 12.2. The summed E-state index contributed by atoms with van der Waals surface area (Å²) in [6, 6.07) is 20.3. The zero-order valence-corrected chi connectivity index (χ0v) is 19.4. The molecule has 166 valence electrons. The van der Waals surface area contributed by atoms with Crippen LogP contribution < -0.4 is 10.1 Å². The molecule has 4 rings (SSSR count). The van der Waals surface area contributed by atoms with Gasteiger partial charge >= 0.3 is 6.09 Å². The van der Waals surface area contributed by atoms with E-state index in [1.807, 2.05) is 36.7 Å². The Labute approximate surface area is 198 Å². The zero-order chi connectivity index (χ0) is 23.4. The first-order valence-electron chi connectivity index (χ1n) is 10.6. The van der Waals surface area contributed by atoms with Crippen LogP contribution >= 0.6 is 11.6 Å². The van der Waals surface area contributed by atoms with Crippen LogP contribution in [0.5, 0.6) is 5.75 Å². The molecule has 2 heterocycles. The highest BCUT2D eigenvalue weighted by Gasteiger charge is 2.16. The summed E-state index contributed by atoms with van der Waals surface area (Å²) in [4.78, 5) is 21.1. The lowest BCUT2D eigenvalue weighted by atomic mass is 9.90. The Morgan fingerprint density at radius 3 is 2.39 bits per heavy atom. The number of anilines is 1. The van der Waals surface area contributed by atoms with Crippen molar-refractivity contribution in [3.05, 3.63) is 96.0 Å². The number of rotatable bonds is 4. The Morgan fingerprint density at radius 1 is 0.909 bits per heavy atom. The fourth-order valence-corrected chi connectivity index (χ4v) is 3.62. The monoisotopic (exact) mass is 457 g/mol. The highest BCUT2D eigenvalue weighted by Crippen LogP contribution is 2.33. The molecular formula is C27H24ClN3O2. The van der Waals surface area contributed by atoms with Crippen molar-refractivity contribution in [2.24, 2.45) is 0 Å². The number of aromatic nitrogens is 2. The van der Waals surface area contributed by atoms with Crippen molar-refractivity contribution in [2.45, 2.75) is 26.2 Å². The zero-order valence-electron chi connectivity index (χ0n) is 18.7. The Hall–Kier alpha value is -3.70. The van der Waals surface area contributed by atoms with Crippen LogP contribution in [0, 0.1) is 0 Å². The summed E-state index contributed by atoms with van der Waals surface area (Å²) in [5, 5.41) is 3.20. The molecule has 4 aromatic rings. The van der Waals surface area contributed by atoms with Gasteiger partial charge in [0.1, 0.15) is 5.75 Å². The van der Waals surface area contributed by atoms with Crippen molar-refractivity contribution in [2.75, 3.05) is 5.32 Å². The predicted octanol–water partition coefficient (Wildman–Crippen LogP) is 7.37. The van der Waals surface area contributed by atoms with Crippen molar-refractivity contribution in [3.8, 4) is 28.0 Å². The second-order valence-electron chi connectivity index (χ2n) is 8.66. The molecule has 0 spiro atoms. The quantitative estimate of drug-likeness (QED) is 0.347. The molecule has 0 saturated heterocycles. The lowest BCUT2D eigenvalue weighted by Gasteiger charge is -2.18. The number of carbonyl (C=O) groups excluding carboxylic acids is 1. The Balaban J connectivity index is 1.55. The smallest absolute Gasteiger partial charge is 0.410 e. The Bertz CT molecular complexity index is 1280. The van der Waals surface area contributed by atoms with Gasteiger partial charge in [0.25, 0.3) is 0 Å². The van der Waals surface area contributed by atoms with E-state index < -0.39 is 6.09 Å². The molecule has 5 nitrogen and oxygen atoms in total. The van der Waals surface area contributed by atoms with E-state index in [0.29, 0.717) is 16.5 Å². The number of amides is 1. The molecule has 33 heavy (non-hydrogen) atoms. The molecule has 0 fully saturated rings. The molecule has 0 bridgehead atoms. The van der Waals surface area contributed by atoms with Gasteiger partial charge in [-0.1, -0.05) is 56.6 Å². The number of carbonyl (C=O) groups is 1. The van der Waals surface area contributed by atoms with Gasteiger partial charge in [0, 0.05) is 52.1 Å². The normalized spacial score (nSPS) is 11.2. The Morgan fingerprint density at radius 2 is 1.67 bits per heavy atom. The predicted molar refractivity (Wildman–Crippen MR) is 133 cm³/mol. The van der Waals surface area contributed by atoms with Gasteiger partial charge in [-0.15, -0.1) is 0 Å². The summed E-state index contributed by atoms with van der Waals surface area (Å²) in [5.74, 6) is 0.464. The van der Waals surface area contributed by atoms with Crippen LogP contribution in [0.15, 0.2) is 85.3 Å². The molecule has 0 radical (unpaired) electrons. The van der Waals surface area contributed by atoms with Crippen molar-refractivity contribution in [3.63, 3.8) is 0 Å². The minimum atomic E-state index is -0.582. The summed E-state index contributed by atoms with van der Waals surface area (Å²) in [6.45, 7) is 6.41. The fourth-order valence-electron chi connectivity index (χ4n) is 3.33. The first-order valence-corrected chi connectivity index (χ1v) is 10.9. The van der Waals surface area contributed by atoms with E-state index in [2.05, 4.69) is 42.1 Å². The third-order valence-electron chi connectivity index (χ3n) is 5.08. The molecular weight excluding hydrogens is 434 g/mol. The third kappa shape index (κ3) is 5.57. The molecule has 0 aliphatic carbocycles. The van der Waals surface area contributed by atoms with Gasteiger partial charge in [0.05, 0.1) is 5.02 Å². The van der Waals surface area contributed by atoms with Gasteiger partial charge in [-0.3, -0.25) is 15.3 Å². The van der Waals surface area contributed by atoms with Crippen molar-refractivity contribution >= 4 is 23.4 Å². The highest BCUT2D eigenvalue weighted by molar-refractivity contribution is 6.33. The molecule has 0 aliphatic heterocycles. The van der Waals surface area contributed by atoms with E-state index in [-0.39, 0.29) is 5.41 Å². The van der Waals surface area contributed by atoms with Crippen LogP contribution in [0.25, 0.3) is 22.3 Å². The van der Waals surface area contributed by atoms with Crippen molar-refractivity contribution < 1.29 is 9.53 Å². The van der Waals surface area contributed by atoms with Crippen molar-refractivity contribution in [1.82, 2.24) is 9.97 Å². The van der Waals surface area contributed by atoms with E-state index in [0.717, 1.165) is 27.9 Å². The number of nitrogens with zero attached hydrogens (tertiary/aromatic N) is 2. The summed E-state index contributed by atoms with van der Waals surface area (Å²) in [7, 11) is 0. The fraction of sp³-hybridized carbons (Fsp3) is 0.148. The van der Waals surface area contributed by atoms with Gasteiger partial charge in [0.2, 0.25) is 0 Å². The Kier molecular flexibility index (Phi) is 6.43. The molecule has 1 amide bonds. The van der Waals surface area contributed by atoms with Crippen LogP contribution in [-0.4, -0.2) is 16.1 Å². The van der Waals surface area contributed by atoms with E-state index >= 15 is 0 Å². The maximum Gasteiger partial charge on any atom is 0.417 e. The molecule has 6 heteroatoms. The lowest BCUT2D eigenvalue weighted by molar-refractivity contribution is 0.215. The van der Waals surface area contributed by atoms with Crippen LogP contribution in [-0.2, 0) is 5.41 Å². The average Bonchev–Trinajstić information content (AvgIpc) is 2.79. The molecule has 0 atom stereocenters. The van der Waals surface area contributed by atoms with Crippen LogP contribution in [0.3, 0.4) is 0 Å². The van der Waals surface area contributed by atoms with Crippen LogP contribution in [0.2, 0.25) is 5.02 Å². The minimum absolute atomic E-state index is 0.0468. The second kappa shape index (κ2) is 9.43. The number of hydrogen-bond acceptors (Lipinski definition) is 4. The second-order valence-corrected chi connectivity index (χ2v) is 9.07. The van der Waals surface area contributed by atoms with E-state index in [4.69, 9.17) is 16.3 Å². The SMILES string of the molecule is CC(C)(C)c1cc(-c2cncc(-c3ccc(NC(=O)Oc4ccccc4)cc3Cl)c2)ccn1. The topological polar surface area (TPSA) is 64.1 Å². The first kappa shape index (κ1) is 22.5. The van der Waals surface area contributed by atoms with Crippen LogP contribution in [0.4, 0.5) is 10.5 Å². The number of pyridine rings is 2. The minimum Gasteiger partial charge on any atom is -0.410 e. The number of halogens is 1.